The van der Waals surface area contributed by atoms with Gasteiger partial charge in [-0.1, -0.05) is 27.7 Å². The van der Waals surface area contributed by atoms with Crippen LogP contribution < -0.4 is 0 Å². The molecule has 0 radical (unpaired) electrons. The maximum Gasteiger partial charge on any atom is 0.303 e. The molecule has 11 atom stereocenters. The van der Waals surface area contributed by atoms with E-state index in [9.17, 15) is 25.2 Å². The van der Waals surface area contributed by atoms with E-state index in [1.54, 1.807) is 0 Å². The normalized spacial score (nSPS) is 54.0. The average molecular weight is 423 g/mol. The monoisotopic (exact) mass is 422 g/mol. The largest absolute Gasteiger partial charge is 0.481 e. The van der Waals surface area contributed by atoms with Crippen LogP contribution in [0.3, 0.4) is 0 Å². The minimum Gasteiger partial charge on any atom is -0.481 e. The van der Waals surface area contributed by atoms with Crippen molar-refractivity contribution in [3.8, 4) is 0 Å². The van der Waals surface area contributed by atoms with E-state index in [0.717, 1.165) is 44.9 Å². The lowest BCUT2D eigenvalue weighted by Crippen LogP contribution is -2.63. The van der Waals surface area contributed by atoms with E-state index < -0.39 is 12.1 Å². The minimum atomic E-state index is -0.754. The first kappa shape index (κ1) is 22.5. The van der Waals surface area contributed by atoms with Gasteiger partial charge in [0.25, 0.3) is 0 Å². The van der Waals surface area contributed by atoms with Crippen LogP contribution in [0.5, 0.6) is 0 Å². The highest BCUT2D eigenvalue weighted by Gasteiger charge is 2.68. The standard InChI is InChI=1S/C25H42O5/c1-14(5-6-21(29)30)24(3)10-8-17-22-18(13-20(28)25(17,24)4)23(2)9-7-16(26)11-15(23)12-19(22)27/h14-20,22,26-28H,5-13H2,1-4H3,(H,29,30)/t14-,15+,16-,17+,18+,19-,20+,22+,23+,24-,25-/m1/s1. The lowest BCUT2D eigenvalue weighted by Gasteiger charge is -2.65. The molecule has 0 heterocycles. The number of carboxylic acids is 1. The Bertz CT molecular complexity index is 680. The molecule has 4 fully saturated rings. The zero-order chi connectivity index (χ0) is 22.1. The van der Waals surface area contributed by atoms with Gasteiger partial charge in [-0.25, -0.2) is 0 Å². The number of fused-ring (bicyclic) bond motifs is 5. The average Bonchev–Trinajstić information content (AvgIpc) is 2.96. The lowest BCUT2D eigenvalue weighted by atomic mass is 9.41. The third-order valence-corrected chi connectivity index (χ3v) is 11.3. The van der Waals surface area contributed by atoms with Crippen molar-refractivity contribution in [1.29, 1.82) is 0 Å². The lowest BCUT2D eigenvalue weighted by molar-refractivity contribution is -0.219. The van der Waals surface area contributed by atoms with Crippen LogP contribution in [-0.4, -0.2) is 44.7 Å². The van der Waals surface area contributed by atoms with Crippen molar-refractivity contribution in [2.75, 3.05) is 0 Å². The summed E-state index contributed by atoms with van der Waals surface area (Å²) in [4.78, 5) is 11.2. The first-order valence-electron chi connectivity index (χ1n) is 12.2. The van der Waals surface area contributed by atoms with Gasteiger partial charge in [-0.3, -0.25) is 4.79 Å². The summed E-state index contributed by atoms with van der Waals surface area (Å²) in [6, 6.07) is 0. The topological polar surface area (TPSA) is 98.0 Å². The van der Waals surface area contributed by atoms with Gasteiger partial charge in [0.2, 0.25) is 0 Å². The van der Waals surface area contributed by atoms with Gasteiger partial charge in [0.1, 0.15) is 0 Å². The van der Waals surface area contributed by atoms with E-state index in [-0.39, 0.29) is 52.6 Å². The van der Waals surface area contributed by atoms with Gasteiger partial charge >= 0.3 is 5.97 Å². The van der Waals surface area contributed by atoms with E-state index in [4.69, 9.17) is 0 Å². The van der Waals surface area contributed by atoms with Crippen molar-refractivity contribution < 1.29 is 25.2 Å². The second-order valence-corrected chi connectivity index (χ2v) is 12.0. The molecule has 30 heavy (non-hydrogen) atoms. The quantitative estimate of drug-likeness (QED) is 0.552. The molecule has 4 aliphatic rings. The zero-order valence-electron chi connectivity index (χ0n) is 19.2. The highest BCUT2D eigenvalue weighted by Crippen LogP contribution is 2.72. The molecule has 172 valence electrons. The minimum absolute atomic E-state index is 0.0827. The Morgan fingerprint density at radius 2 is 1.70 bits per heavy atom. The molecule has 4 N–H and O–H groups in total. The van der Waals surface area contributed by atoms with Gasteiger partial charge in [0.15, 0.2) is 0 Å². The molecule has 0 saturated heterocycles. The molecule has 5 nitrogen and oxygen atoms in total. The molecule has 0 amide bonds. The number of aliphatic carboxylic acids is 1. The van der Waals surface area contributed by atoms with Crippen LogP contribution in [-0.2, 0) is 4.79 Å². The molecule has 0 aromatic heterocycles. The van der Waals surface area contributed by atoms with Crippen molar-refractivity contribution in [3.63, 3.8) is 0 Å². The summed E-state index contributed by atoms with van der Waals surface area (Å²) in [5.41, 5.74) is -0.346. The summed E-state index contributed by atoms with van der Waals surface area (Å²) in [7, 11) is 0. The Morgan fingerprint density at radius 3 is 2.37 bits per heavy atom. The van der Waals surface area contributed by atoms with Gasteiger partial charge in [0, 0.05) is 11.8 Å². The number of carboxylic acid groups (broad SMARTS) is 1. The number of hydrogen-bond donors (Lipinski definition) is 4. The van der Waals surface area contributed by atoms with Gasteiger partial charge in [-0.05, 0) is 91.8 Å². The number of aliphatic hydroxyl groups excluding tert-OH is 3. The van der Waals surface area contributed by atoms with E-state index in [2.05, 4.69) is 27.7 Å². The van der Waals surface area contributed by atoms with Crippen LogP contribution in [0.2, 0.25) is 0 Å². The summed E-state index contributed by atoms with van der Waals surface area (Å²) < 4.78 is 0. The third-order valence-electron chi connectivity index (χ3n) is 11.3. The first-order chi connectivity index (χ1) is 13.9. The van der Waals surface area contributed by atoms with Crippen molar-refractivity contribution in [3.05, 3.63) is 0 Å². The predicted molar refractivity (Wildman–Crippen MR) is 115 cm³/mol. The van der Waals surface area contributed by atoms with Crippen molar-refractivity contribution in [2.24, 2.45) is 45.8 Å². The number of rotatable bonds is 4. The van der Waals surface area contributed by atoms with Crippen molar-refractivity contribution in [2.45, 2.75) is 104 Å². The highest BCUT2D eigenvalue weighted by atomic mass is 16.4. The Labute approximate surface area is 181 Å². The Morgan fingerprint density at radius 1 is 1.00 bits per heavy atom. The van der Waals surface area contributed by atoms with E-state index in [1.807, 2.05) is 0 Å². The Balaban J connectivity index is 1.65. The number of aliphatic hydroxyl groups is 3. The highest BCUT2D eigenvalue weighted by molar-refractivity contribution is 5.66. The van der Waals surface area contributed by atoms with Gasteiger partial charge < -0.3 is 20.4 Å². The molecule has 0 spiro atoms. The SMILES string of the molecule is C[C@H](CCC(=O)O)[C@@]1(C)CC[C@H]2[C@@H]3[C@H](O)C[C@@H]4C[C@H](O)CC[C@]4(C)[C@H]3C[C@H](O)[C@@]21C. The van der Waals surface area contributed by atoms with E-state index in [0.29, 0.717) is 18.3 Å². The fraction of sp³-hybridized carbons (Fsp3) is 0.960. The maximum atomic E-state index is 11.6. The molecule has 5 heteroatoms. The summed E-state index contributed by atoms with van der Waals surface area (Å²) in [5, 5.41) is 42.4. The van der Waals surface area contributed by atoms with Crippen LogP contribution in [0.25, 0.3) is 0 Å². The zero-order valence-corrected chi connectivity index (χ0v) is 19.2. The van der Waals surface area contributed by atoms with Crippen LogP contribution in [0.4, 0.5) is 0 Å². The van der Waals surface area contributed by atoms with Crippen LogP contribution in [0, 0.1) is 45.8 Å². The second-order valence-electron chi connectivity index (χ2n) is 12.0. The summed E-state index contributed by atoms with van der Waals surface area (Å²) in [6.07, 6.45) is 5.81. The van der Waals surface area contributed by atoms with Crippen LogP contribution in [0.15, 0.2) is 0 Å². The van der Waals surface area contributed by atoms with Crippen LogP contribution >= 0.6 is 0 Å². The smallest absolute Gasteiger partial charge is 0.303 e. The molecule has 4 rings (SSSR count). The Hall–Kier alpha value is -0.650. The van der Waals surface area contributed by atoms with Gasteiger partial charge in [0.05, 0.1) is 18.3 Å². The third kappa shape index (κ3) is 3.02. The molecule has 4 saturated carbocycles. The second kappa shape index (κ2) is 7.45. The Kier molecular flexibility index (Phi) is 5.60. The first-order valence-corrected chi connectivity index (χ1v) is 12.2. The summed E-state index contributed by atoms with van der Waals surface area (Å²) in [5.74, 6) is 0.547. The fourth-order valence-corrected chi connectivity index (χ4v) is 8.97. The maximum absolute atomic E-state index is 11.6. The molecule has 0 aliphatic heterocycles. The molecule has 0 aromatic rings. The summed E-state index contributed by atoms with van der Waals surface area (Å²) in [6.45, 7) is 9.01. The van der Waals surface area contributed by atoms with Crippen molar-refractivity contribution >= 4 is 5.97 Å². The molecular formula is C25H42O5. The molecule has 0 unspecified atom stereocenters. The fourth-order valence-electron chi connectivity index (χ4n) is 8.97. The van der Waals surface area contributed by atoms with Crippen molar-refractivity contribution in [1.82, 2.24) is 0 Å². The van der Waals surface area contributed by atoms with E-state index >= 15 is 0 Å². The molecule has 0 aromatic carbocycles. The van der Waals surface area contributed by atoms with Gasteiger partial charge in [-0.2, -0.15) is 0 Å². The molecular weight excluding hydrogens is 380 g/mol. The summed E-state index contributed by atoms with van der Waals surface area (Å²) >= 11 is 0. The molecule has 4 aliphatic carbocycles. The predicted octanol–water partition coefficient (Wildman–Crippen LogP) is 3.84. The van der Waals surface area contributed by atoms with E-state index in [1.165, 1.54) is 0 Å². The van der Waals surface area contributed by atoms with Gasteiger partial charge in [-0.15, -0.1) is 0 Å². The van der Waals surface area contributed by atoms with Crippen LogP contribution in [0.1, 0.15) is 85.5 Å². The number of carbonyl (C=O) groups is 1. The molecule has 0 bridgehead atoms. The number of hydrogen-bond acceptors (Lipinski definition) is 4.